The molecule has 0 fully saturated rings. The second kappa shape index (κ2) is 10.3. The molecule has 4 aromatic carbocycles. The van der Waals surface area contributed by atoms with Gasteiger partial charge in [0.05, 0.1) is 10.4 Å². The Morgan fingerprint density at radius 3 is 1.85 bits per heavy atom. The normalized spacial score (nSPS) is 19.3. The first kappa shape index (κ1) is 26.4. The van der Waals surface area contributed by atoms with Crippen molar-refractivity contribution in [1.29, 1.82) is 0 Å². The van der Waals surface area contributed by atoms with Crippen molar-refractivity contribution in [3.63, 3.8) is 0 Å². The van der Waals surface area contributed by atoms with Gasteiger partial charge in [0.15, 0.2) is 15.0 Å². The number of carbonyl (C=O) groups is 1. The zero-order valence-electron chi connectivity index (χ0n) is 22.1. The number of rotatable bonds is 6. The van der Waals surface area contributed by atoms with Crippen molar-refractivity contribution in [3.05, 3.63) is 135 Å². The van der Waals surface area contributed by atoms with E-state index < -0.39 is 8.95 Å². The second-order valence-electron chi connectivity index (χ2n) is 9.86. The summed E-state index contributed by atoms with van der Waals surface area (Å²) in [6.45, 7) is 5.99. The van der Waals surface area contributed by atoms with E-state index in [1.54, 1.807) is 18.7 Å². The topological polar surface area (TPSA) is 32.7 Å². The third-order valence-electron chi connectivity index (χ3n) is 7.55. The molecule has 2 aliphatic rings. The fourth-order valence-corrected chi connectivity index (χ4v) is 9.29. The number of Topliss-reactive ketones (excluding diaryl/α,β-unsaturated/α-hetero) is 1. The fourth-order valence-electron chi connectivity index (χ4n) is 5.47. The summed E-state index contributed by atoms with van der Waals surface area (Å²) in [7, 11) is 0. The molecule has 1 atom stereocenters. The van der Waals surface area contributed by atoms with Crippen LogP contribution in [0.25, 0.3) is 0 Å². The van der Waals surface area contributed by atoms with Crippen LogP contribution in [0.3, 0.4) is 0 Å². The number of hydrogen-bond donors (Lipinski definition) is 0. The van der Waals surface area contributed by atoms with Crippen molar-refractivity contribution in [3.8, 4) is 0 Å². The standard InChI is InChI=1S/C33H29BrN2OS2/c1-4-23-10-14-25(15-11-23)32(26-16-12-24(5-2)13-17-26)29-8-6-7-9-30(29)33(39-32)36(35-31(38-33)22(3)37)28-20-18-27(34)19-21-28/h6-21H,4-5H2,1-3H3/t33-/m1/s1. The first-order valence-electron chi connectivity index (χ1n) is 13.2. The maximum absolute atomic E-state index is 12.8. The number of aryl methyl sites for hydroxylation is 2. The Bertz CT molecular complexity index is 1520. The third-order valence-corrected chi connectivity index (χ3v) is 11.5. The van der Waals surface area contributed by atoms with Crippen LogP contribution in [-0.4, -0.2) is 10.8 Å². The first-order valence-corrected chi connectivity index (χ1v) is 15.7. The lowest BCUT2D eigenvalue weighted by Crippen LogP contribution is -2.34. The number of fused-ring (bicyclic) bond motifs is 2. The Kier molecular flexibility index (Phi) is 6.98. The zero-order chi connectivity index (χ0) is 27.2. The van der Waals surface area contributed by atoms with Crippen molar-refractivity contribution in [1.82, 2.24) is 0 Å². The van der Waals surface area contributed by atoms with E-state index in [4.69, 9.17) is 5.10 Å². The van der Waals surface area contributed by atoms with E-state index in [0.717, 1.165) is 23.0 Å². The lowest BCUT2D eigenvalue weighted by Gasteiger charge is -2.37. The number of carbonyl (C=O) groups excluding carboxylic acids is 1. The summed E-state index contributed by atoms with van der Waals surface area (Å²) >= 11 is 7.01. The molecule has 6 heteroatoms. The van der Waals surface area contributed by atoms with Crippen LogP contribution in [0, 0.1) is 0 Å². The summed E-state index contributed by atoms with van der Waals surface area (Å²) in [6.07, 6.45) is 1.99. The van der Waals surface area contributed by atoms with Gasteiger partial charge in [-0.15, -0.1) is 0 Å². The smallest absolute Gasteiger partial charge is 0.187 e. The van der Waals surface area contributed by atoms with E-state index in [0.29, 0.717) is 5.04 Å². The Morgan fingerprint density at radius 1 is 0.795 bits per heavy atom. The van der Waals surface area contributed by atoms with Gasteiger partial charge in [0.1, 0.15) is 0 Å². The van der Waals surface area contributed by atoms with Crippen LogP contribution in [0.15, 0.2) is 107 Å². The summed E-state index contributed by atoms with van der Waals surface area (Å²) in [5.41, 5.74) is 8.44. The van der Waals surface area contributed by atoms with Crippen LogP contribution in [-0.2, 0) is 26.6 Å². The summed E-state index contributed by atoms with van der Waals surface area (Å²) in [5.74, 6) is -0.0193. The quantitative estimate of drug-likeness (QED) is 0.218. The Balaban J connectivity index is 1.63. The highest BCUT2D eigenvalue weighted by Crippen LogP contribution is 2.70. The predicted octanol–water partition coefficient (Wildman–Crippen LogP) is 8.88. The molecule has 2 aliphatic heterocycles. The minimum Gasteiger partial charge on any atom is -0.292 e. The highest BCUT2D eigenvalue weighted by Gasteiger charge is 2.61. The number of anilines is 1. The lowest BCUT2D eigenvalue weighted by molar-refractivity contribution is -0.110. The predicted molar refractivity (Wildman–Crippen MR) is 170 cm³/mol. The van der Waals surface area contributed by atoms with Crippen LogP contribution < -0.4 is 5.01 Å². The molecule has 0 radical (unpaired) electrons. The van der Waals surface area contributed by atoms with Crippen LogP contribution in [0.4, 0.5) is 5.69 Å². The molecule has 0 aliphatic carbocycles. The fraction of sp³-hybridized carbons (Fsp3) is 0.212. The molecule has 0 aromatic heterocycles. The summed E-state index contributed by atoms with van der Waals surface area (Å²) < 4.78 is -0.140. The van der Waals surface area contributed by atoms with Crippen molar-refractivity contribution in [2.75, 3.05) is 5.01 Å². The van der Waals surface area contributed by atoms with E-state index in [2.05, 4.69) is 120 Å². The second-order valence-corrected chi connectivity index (χ2v) is 13.6. The molecule has 39 heavy (non-hydrogen) atoms. The van der Waals surface area contributed by atoms with Crippen LogP contribution in [0.5, 0.6) is 0 Å². The van der Waals surface area contributed by atoms with Gasteiger partial charge in [0, 0.05) is 17.0 Å². The molecule has 196 valence electrons. The highest BCUT2D eigenvalue weighted by molar-refractivity contribution is 9.10. The van der Waals surface area contributed by atoms with Gasteiger partial charge >= 0.3 is 0 Å². The molecule has 0 amide bonds. The maximum Gasteiger partial charge on any atom is 0.187 e. The molecule has 0 N–H and O–H groups in total. The number of thioether (sulfide) groups is 2. The molecule has 3 nitrogen and oxygen atoms in total. The third kappa shape index (κ3) is 4.28. The number of hydrazone groups is 1. The summed E-state index contributed by atoms with van der Waals surface area (Å²) in [5, 5.41) is 7.55. The molecule has 2 heterocycles. The van der Waals surface area contributed by atoms with Crippen molar-refractivity contribution >= 4 is 56.0 Å². The van der Waals surface area contributed by atoms with Crippen LogP contribution in [0.2, 0.25) is 0 Å². The SMILES string of the molecule is CCc1ccc(C2(c3ccc(CC)cc3)S[C@]3(SC(C(C)=O)=NN3c3ccc(Br)cc3)c3ccccc32)cc1. The molecule has 0 saturated carbocycles. The molecule has 0 unspecified atom stereocenters. The van der Waals surface area contributed by atoms with Gasteiger partial charge in [0.25, 0.3) is 0 Å². The van der Waals surface area contributed by atoms with E-state index >= 15 is 0 Å². The zero-order valence-corrected chi connectivity index (χ0v) is 25.4. The molecule has 6 rings (SSSR count). The van der Waals surface area contributed by atoms with Gasteiger partial charge in [-0.2, -0.15) is 5.10 Å². The Hall–Kier alpha value is -2.80. The molecular formula is C33H29BrN2OS2. The van der Waals surface area contributed by atoms with Gasteiger partial charge < -0.3 is 0 Å². The largest absolute Gasteiger partial charge is 0.292 e. The van der Waals surface area contributed by atoms with Crippen LogP contribution in [0.1, 0.15) is 54.2 Å². The van der Waals surface area contributed by atoms with Crippen molar-refractivity contribution < 1.29 is 4.79 Å². The average molecular weight is 614 g/mol. The van der Waals surface area contributed by atoms with Gasteiger partial charge in [-0.05, 0) is 64.9 Å². The lowest BCUT2D eigenvalue weighted by atomic mass is 9.81. The van der Waals surface area contributed by atoms with E-state index in [1.165, 1.54) is 33.4 Å². The van der Waals surface area contributed by atoms with Crippen molar-refractivity contribution in [2.24, 2.45) is 5.10 Å². The Morgan fingerprint density at radius 2 is 1.33 bits per heavy atom. The minimum absolute atomic E-state index is 0.0193. The van der Waals surface area contributed by atoms with Gasteiger partial charge in [-0.1, -0.05) is 126 Å². The molecular weight excluding hydrogens is 584 g/mol. The maximum atomic E-state index is 12.8. The first-order chi connectivity index (χ1) is 18.9. The average Bonchev–Trinajstić information content (AvgIpc) is 3.51. The van der Waals surface area contributed by atoms with Crippen LogP contribution >= 0.6 is 39.5 Å². The van der Waals surface area contributed by atoms with E-state index in [1.807, 2.05) is 23.9 Å². The highest BCUT2D eigenvalue weighted by atomic mass is 79.9. The van der Waals surface area contributed by atoms with Gasteiger partial charge in [-0.3, -0.25) is 4.79 Å². The number of benzene rings is 4. The van der Waals surface area contributed by atoms with Crippen molar-refractivity contribution in [2.45, 2.75) is 42.6 Å². The molecule has 0 bridgehead atoms. The number of halogens is 1. The molecule has 0 saturated heterocycles. The van der Waals surface area contributed by atoms with E-state index in [9.17, 15) is 4.79 Å². The minimum atomic E-state index is -0.654. The van der Waals surface area contributed by atoms with Gasteiger partial charge in [-0.25, -0.2) is 5.01 Å². The number of nitrogens with zero attached hydrogens (tertiary/aromatic N) is 2. The monoisotopic (exact) mass is 612 g/mol. The number of ketones is 1. The summed E-state index contributed by atoms with van der Waals surface area (Å²) in [4.78, 5) is 12.8. The molecule has 1 spiro atoms. The van der Waals surface area contributed by atoms with E-state index in [-0.39, 0.29) is 5.78 Å². The molecule has 4 aromatic rings. The van der Waals surface area contributed by atoms with Gasteiger partial charge in [0.2, 0.25) is 0 Å². The number of hydrogen-bond acceptors (Lipinski definition) is 5. The Labute approximate surface area is 247 Å². The summed E-state index contributed by atoms with van der Waals surface area (Å²) in [6, 6.07) is 35.0.